The molecule has 4 heteroatoms. The minimum atomic E-state index is -0.882. The molecular formula is C16H21NO3. The molecule has 0 spiro atoms. The zero-order chi connectivity index (χ0) is 14.8. The predicted octanol–water partition coefficient (Wildman–Crippen LogP) is 2.41. The van der Waals surface area contributed by atoms with Crippen LogP contribution in [0.25, 0.3) is 0 Å². The van der Waals surface area contributed by atoms with Crippen LogP contribution in [0.5, 0.6) is 0 Å². The molecule has 1 aliphatic carbocycles. The molecule has 1 aliphatic rings. The van der Waals surface area contributed by atoms with Crippen molar-refractivity contribution in [1.82, 2.24) is 5.32 Å². The van der Waals surface area contributed by atoms with Crippen molar-refractivity contribution in [1.29, 1.82) is 0 Å². The fraction of sp³-hybridized carbons (Fsp3) is 0.500. The van der Waals surface area contributed by atoms with E-state index >= 15 is 0 Å². The molecule has 3 unspecified atom stereocenters. The zero-order valence-corrected chi connectivity index (χ0v) is 11.9. The third-order valence-electron chi connectivity index (χ3n) is 4.30. The Balaban J connectivity index is 1.87. The topological polar surface area (TPSA) is 66.4 Å². The summed E-state index contributed by atoms with van der Waals surface area (Å²) in [5.41, 5.74) is 0.302. The summed E-state index contributed by atoms with van der Waals surface area (Å²) >= 11 is 0. The molecule has 0 radical (unpaired) electrons. The molecule has 3 atom stereocenters. The highest BCUT2D eigenvalue weighted by Crippen LogP contribution is 2.47. The van der Waals surface area contributed by atoms with Gasteiger partial charge in [0.05, 0.1) is 5.41 Å². The summed E-state index contributed by atoms with van der Waals surface area (Å²) in [6.45, 7) is 3.68. The van der Waals surface area contributed by atoms with Crippen LogP contribution in [0.2, 0.25) is 0 Å². The number of carbonyl (C=O) groups is 2. The van der Waals surface area contributed by atoms with Gasteiger partial charge in [-0.05, 0) is 31.2 Å². The Kier molecular flexibility index (Phi) is 4.12. The molecule has 0 heterocycles. The van der Waals surface area contributed by atoms with Crippen molar-refractivity contribution >= 4 is 11.9 Å². The van der Waals surface area contributed by atoms with Gasteiger partial charge in [0.15, 0.2) is 0 Å². The first-order valence-electron chi connectivity index (χ1n) is 7.04. The number of carboxylic acids is 1. The van der Waals surface area contributed by atoms with E-state index in [4.69, 9.17) is 0 Å². The molecule has 1 aromatic rings. The largest absolute Gasteiger partial charge is 0.481 e. The van der Waals surface area contributed by atoms with Gasteiger partial charge in [-0.1, -0.05) is 37.3 Å². The lowest BCUT2D eigenvalue weighted by Crippen LogP contribution is -2.41. The van der Waals surface area contributed by atoms with E-state index in [-0.39, 0.29) is 24.3 Å². The van der Waals surface area contributed by atoms with Crippen LogP contribution in [0.1, 0.15) is 38.2 Å². The predicted molar refractivity (Wildman–Crippen MR) is 76.3 cm³/mol. The van der Waals surface area contributed by atoms with Crippen LogP contribution in [0.3, 0.4) is 0 Å². The van der Waals surface area contributed by atoms with E-state index in [0.717, 1.165) is 6.42 Å². The average Bonchev–Trinajstić information content (AvgIpc) is 3.25. The summed E-state index contributed by atoms with van der Waals surface area (Å²) < 4.78 is 0. The smallest absolute Gasteiger partial charge is 0.311 e. The number of carboxylic acid groups (broad SMARTS) is 1. The Morgan fingerprint density at radius 3 is 2.55 bits per heavy atom. The van der Waals surface area contributed by atoms with E-state index in [1.54, 1.807) is 6.92 Å². The fourth-order valence-corrected chi connectivity index (χ4v) is 2.32. The van der Waals surface area contributed by atoms with Crippen LogP contribution >= 0.6 is 0 Å². The number of hydrogen-bond donors (Lipinski definition) is 2. The summed E-state index contributed by atoms with van der Waals surface area (Å²) in [4.78, 5) is 23.3. The van der Waals surface area contributed by atoms with Gasteiger partial charge in [-0.15, -0.1) is 0 Å². The Labute approximate surface area is 119 Å². The summed E-state index contributed by atoms with van der Waals surface area (Å²) in [6.07, 6.45) is 1.35. The standard InChI is InChI=1S/C16H21NO3/c1-3-16(2,15(19)20)10-17-14(18)13-9-12(13)11-7-5-4-6-8-11/h4-8,12-13H,3,9-10H2,1-2H3,(H,17,18)(H,19,20). The third kappa shape index (κ3) is 3.00. The molecule has 2 N–H and O–H groups in total. The lowest BCUT2D eigenvalue weighted by molar-refractivity contribution is -0.148. The Hall–Kier alpha value is -1.84. The van der Waals surface area contributed by atoms with Crippen molar-refractivity contribution in [2.45, 2.75) is 32.6 Å². The quantitative estimate of drug-likeness (QED) is 0.837. The molecule has 20 heavy (non-hydrogen) atoms. The minimum absolute atomic E-state index is 0.00713. The maximum absolute atomic E-state index is 12.1. The molecular weight excluding hydrogens is 254 g/mol. The van der Waals surface area contributed by atoms with Crippen LogP contribution in [0, 0.1) is 11.3 Å². The maximum Gasteiger partial charge on any atom is 0.311 e. The lowest BCUT2D eigenvalue weighted by Gasteiger charge is -2.23. The Morgan fingerprint density at radius 2 is 2.00 bits per heavy atom. The molecule has 0 aromatic heterocycles. The number of aliphatic carboxylic acids is 1. The highest BCUT2D eigenvalue weighted by atomic mass is 16.4. The first-order valence-corrected chi connectivity index (χ1v) is 7.04. The third-order valence-corrected chi connectivity index (χ3v) is 4.30. The fourth-order valence-electron chi connectivity index (χ4n) is 2.32. The van der Waals surface area contributed by atoms with Gasteiger partial charge in [0.1, 0.15) is 0 Å². The van der Waals surface area contributed by atoms with E-state index in [1.165, 1.54) is 5.56 Å². The lowest BCUT2D eigenvalue weighted by atomic mass is 9.87. The molecule has 1 amide bonds. The van der Waals surface area contributed by atoms with Crippen LogP contribution in [-0.4, -0.2) is 23.5 Å². The number of amides is 1. The highest BCUT2D eigenvalue weighted by Gasteiger charge is 2.44. The van der Waals surface area contributed by atoms with Crippen LogP contribution in [-0.2, 0) is 9.59 Å². The van der Waals surface area contributed by atoms with Gasteiger partial charge in [-0.25, -0.2) is 0 Å². The molecule has 1 saturated carbocycles. The van der Waals surface area contributed by atoms with Crippen molar-refractivity contribution < 1.29 is 14.7 Å². The van der Waals surface area contributed by atoms with E-state index < -0.39 is 11.4 Å². The van der Waals surface area contributed by atoms with Crippen molar-refractivity contribution in [3.8, 4) is 0 Å². The number of hydrogen-bond acceptors (Lipinski definition) is 2. The van der Waals surface area contributed by atoms with Gasteiger partial charge in [0.2, 0.25) is 5.91 Å². The number of nitrogens with one attached hydrogen (secondary N) is 1. The summed E-state index contributed by atoms with van der Waals surface area (Å²) in [7, 11) is 0. The van der Waals surface area contributed by atoms with E-state index in [9.17, 15) is 14.7 Å². The molecule has 0 aliphatic heterocycles. The maximum atomic E-state index is 12.1. The molecule has 2 rings (SSSR count). The van der Waals surface area contributed by atoms with Gasteiger partial charge in [-0.3, -0.25) is 9.59 Å². The molecule has 1 fully saturated rings. The average molecular weight is 275 g/mol. The van der Waals surface area contributed by atoms with Gasteiger partial charge in [0, 0.05) is 12.5 Å². The number of carbonyl (C=O) groups excluding carboxylic acids is 1. The van der Waals surface area contributed by atoms with Crippen molar-refractivity contribution in [3.63, 3.8) is 0 Å². The summed E-state index contributed by atoms with van der Waals surface area (Å²) in [5.74, 6) is -0.614. The first-order chi connectivity index (χ1) is 9.48. The Morgan fingerprint density at radius 1 is 1.35 bits per heavy atom. The second kappa shape index (κ2) is 5.65. The van der Waals surface area contributed by atoms with Crippen molar-refractivity contribution in [2.24, 2.45) is 11.3 Å². The van der Waals surface area contributed by atoms with Gasteiger partial charge < -0.3 is 10.4 Å². The van der Waals surface area contributed by atoms with Gasteiger partial charge in [-0.2, -0.15) is 0 Å². The zero-order valence-electron chi connectivity index (χ0n) is 11.9. The van der Waals surface area contributed by atoms with E-state index in [0.29, 0.717) is 6.42 Å². The minimum Gasteiger partial charge on any atom is -0.481 e. The monoisotopic (exact) mass is 275 g/mol. The SMILES string of the molecule is CCC(C)(CNC(=O)C1CC1c1ccccc1)C(=O)O. The summed E-state index contributed by atoms with van der Waals surface area (Å²) in [5, 5.41) is 12.0. The number of benzene rings is 1. The first kappa shape index (κ1) is 14.6. The molecule has 4 nitrogen and oxygen atoms in total. The van der Waals surface area contributed by atoms with Crippen LogP contribution in [0.15, 0.2) is 30.3 Å². The van der Waals surface area contributed by atoms with Crippen molar-refractivity contribution in [2.75, 3.05) is 6.54 Å². The summed E-state index contributed by atoms with van der Waals surface area (Å²) in [6, 6.07) is 9.97. The molecule has 108 valence electrons. The number of rotatable bonds is 6. The molecule has 0 saturated heterocycles. The van der Waals surface area contributed by atoms with Crippen molar-refractivity contribution in [3.05, 3.63) is 35.9 Å². The van der Waals surface area contributed by atoms with Crippen LogP contribution in [0.4, 0.5) is 0 Å². The normalized spacial score (nSPS) is 23.7. The van der Waals surface area contributed by atoms with E-state index in [2.05, 4.69) is 5.32 Å². The Bertz CT molecular complexity index is 500. The van der Waals surface area contributed by atoms with Gasteiger partial charge >= 0.3 is 5.97 Å². The molecule has 0 bridgehead atoms. The second-order valence-electron chi connectivity index (χ2n) is 5.80. The molecule has 1 aromatic carbocycles. The van der Waals surface area contributed by atoms with E-state index in [1.807, 2.05) is 37.3 Å². The second-order valence-corrected chi connectivity index (χ2v) is 5.80. The highest BCUT2D eigenvalue weighted by molar-refractivity contribution is 5.84. The van der Waals surface area contributed by atoms with Gasteiger partial charge in [0.25, 0.3) is 0 Å². The van der Waals surface area contributed by atoms with Crippen LogP contribution < -0.4 is 5.32 Å².